The molecule has 4 aliphatic rings. The van der Waals surface area contributed by atoms with Gasteiger partial charge >= 0.3 is 0 Å². The molecule has 2 bridgehead atoms. The SMILES string of the molecule is c1ccc2c(c1)-c1cc3c4ccncc4n4c5cnccc5c(c1C1CC5CC6CC2C56C1)c34. The Hall–Kier alpha value is -3.46. The second-order valence-electron chi connectivity index (χ2n) is 11.5. The maximum Gasteiger partial charge on any atom is 0.0725 e. The Morgan fingerprint density at radius 1 is 0.794 bits per heavy atom. The second kappa shape index (κ2) is 5.27. The molecule has 0 amide bonds. The maximum absolute atomic E-state index is 4.55. The topological polar surface area (TPSA) is 30.2 Å². The molecular formula is C31H23N3. The summed E-state index contributed by atoms with van der Waals surface area (Å²) in [6.07, 6.45) is 13.6. The highest BCUT2D eigenvalue weighted by Gasteiger charge is 2.70. The first-order valence-electron chi connectivity index (χ1n) is 12.8. The highest BCUT2D eigenvalue weighted by molar-refractivity contribution is 6.25. The van der Waals surface area contributed by atoms with Gasteiger partial charge in [-0.1, -0.05) is 24.3 Å². The summed E-state index contributed by atoms with van der Waals surface area (Å²) in [7, 11) is 0. The van der Waals surface area contributed by atoms with E-state index < -0.39 is 0 Å². The lowest BCUT2D eigenvalue weighted by Gasteiger charge is -2.67. The highest BCUT2D eigenvalue weighted by Crippen LogP contribution is 2.80. The number of hydrogen-bond donors (Lipinski definition) is 0. The van der Waals surface area contributed by atoms with Crippen LogP contribution in [0.15, 0.2) is 67.3 Å². The number of rotatable bonds is 0. The van der Waals surface area contributed by atoms with Crippen molar-refractivity contribution < 1.29 is 0 Å². The van der Waals surface area contributed by atoms with Crippen LogP contribution in [0.5, 0.6) is 0 Å². The van der Waals surface area contributed by atoms with Gasteiger partial charge in [0.05, 0.1) is 28.9 Å². The molecule has 0 saturated heterocycles. The van der Waals surface area contributed by atoms with Gasteiger partial charge in [-0.3, -0.25) is 9.97 Å². The number of nitrogens with zero attached hydrogens (tertiary/aromatic N) is 3. The Balaban J connectivity index is 1.48. The summed E-state index contributed by atoms with van der Waals surface area (Å²) in [5, 5.41) is 5.50. The van der Waals surface area contributed by atoms with Crippen LogP contribution in [-0.4, -0.2) is 14.4 Å². The van der Waals surface area contributed by atoms with Gasteiger partial charge in [0.15, 0.2) is 0 Å². The molecule has 5 atom stereocenters. The molecular weight excluding hydrogens is 414 g/mol. The molecule has 3 fully saturated rings. The monoisotopic (exact) mass is 437 g/mol. The largest absolute Gasteiger partial charge is 0.305 e. The van der Waals surface area contributed by atoms with Crippen LogP contribution in [0.25, 0.3) is 49.2 Å². The lowest BCUT2D eigenvalue weighted by Crippen LogP contribution is -2.58. The molecule has 6 aromatic rings. The summed E-state index contributed by atoms with van der Waals surface area (Å²) >= 11 is 0. The number of pyridine rings is 2. The van der Waals surface area contributed by atoms with E-state index in [2.05, 4.69) is 63.0 Å². The predicted octanol–water partition coefficient (Wildman–Crippen LogP) is 7.29. The van der Waals surface area contributed by atoms with Gasteiger partial charge in [0, 0.05) is 33.9 Å². The van der Waals surface area contributed by atoms with E-state index in [1.807, 2.05) is 18.6 Å². The van der Waals surface area contributed by atoms with E-state index >= 15 is 0 Å². The van der Waals surface area contributed by atoms with Crippen LogP contribution in [-0.2, 0) is 0 Å². The molecule has 3 nitrogen and oxygen atoms in total. The Bertz CT molecular complexity index is 1860. The predicted molar refractivity (Wildman–Crippen MR) is 135 cm³/mol. The van der Waals surface area contributed by atoms with Crippen LogP contribution < -0.4 is 0 Å². The van der Waals surface area contributed by atoms with E-state index in [-0.39, 0.29) is 0 Å². The van der Waals surface area contributed by atoms with Crippen molar-refractivity contribution >= 4 is 38.1 Å². The summed E-state index contributed by atoms with van der Waals surface area (Å²) in [6, 6.07) is 16.4. The highest BCUT2D eigenvalue weighted by atomic mass is 14.9. The molecule has 2 aromatic carbocycles. The Labute approximate surface area is 196 Å². The average Bonchev–Trinajstić information content (AvgIpc) is 3.51. The minimum Gasteiger partial charge on any atom is -0.305 e. The zero-order chi connectivity index (χ0) is 21.8. The van der Waals surface area contributed by atoms with E-state index in [9.17, 15) is 0 Å². The minimum atomic E-state index is 0.580. The van der Waals surface area contributed by atoms with E-state index in [0.29, 0.717) is 11.3 Å². The summed E-state index contributed by atoms with van der Waals surface area (Å²) < 4.78 is 2.44. The lowest BCUT2D eigenvalue weighted by molar-refractivity contribution is -0.144. The van der Waals surface area contributed by atoms with Gasteiger partial charge in [0.25, 0.3) is 0 Å². The van der Waals surface area contributed by atoms with Gasteiger partial charge < -0.3 is 4.40 Å². The molecule has 3 saturated carbocycles. The Morgan fingerprint density at radius 2 is 1.59 bits per heavy atom. The molecule has 4 aromatic heterocycles. The van der Waals surface area contributed by atoms with Gasteiger partial charge in [-0.25, -0.2) is 0 Å². The zero-order valence-corrected chi connectivity index (χ0v) is 18.8. The molecule has 4 aliphatic carbocycles. The van der Waals surface area contributed by atoms with Gasteiger partial charge in [-0.15, -0.1) is 0 Å². The van der Waals surface area contributed by atoms with Crippen molar-refractivity contribution in [2.45, 2.75) is 37.5 Å². The zero-order valence-electron chi connectivity index (χ0n) is 18.8. The minimum absolute atomic E-state index is 0.580. The molecule has 5 unspecified atom stereocenters. The van der Waals surface area contributed by atoms with E-state index in [4.69, 9.17) is 0 Å². The maximum atomic E-state index is 4.55. The van der Waals surface area contributed by atoms with Crippen LogP contribution >= 0.6 is 0 Å². The van der Waals surface area contributed by atoms with Gasteiger partial charge in [-0.05, 0) is 95.2 Å². The molecule has 0 N–H and O–H groups in total. The van der Waals surface area contributed by atoms with E-state index in [1.54, 1.807) is 11.1 Å². The summed E-state index contributed by atoms with van der Waals surface area (Å²) in [5.41, 5.74) is 10.6. The Morgan fingerprint density at radius 3 is 2.47 bits per heavy atom. The van der Waals surface area contributed by atoms with Gasteiger partial charge in [-0.2, -0.15) is 0 Å². The van der Waals surface area contributed by atoms with Crippen molar-refractivity contribution in [1.29, 1.82) is 0 Å². The Kier molecular flexibility index (Phi) is 2.64. The molecule has 1 spiro atoms. The number of hydrogen-bond acceptors (Lipinski definition) is 2. The smallest absolute Gasteiger partial charge is 0.0725 e. The molecule has 10 rings (SSSR count). The molecule has 0 aliphatic heterocycles. The first-order chi connectivity index (χ1) is 16.8. The van der Waals surface area contributed by atoms with Crippen molar-refractivity contribution in [2.75, 3.05) is 0 Å². The third-order valence-electron chi connectivity index (χ3n) is 10.7. The summed E-state index contributed by atoms with van der Waals surface area (Å²) in [6.45, 7) is 0. The molecule has 4 heterocycles. The number of aromatic nitrogens is 3. The number of fused-ring (bicyclic) bond motifs is 13. The number of benzene rings is 2. The fraction of sp³-hybridized carbons (Fsp3) is 0.290. The van der Waals surface area contributed by atoms with Crippen molar-refractivity contribution in [3.8, 4) is 11.1 Å². The lowest BCUT2D eigenvalue weighted by atomic mass is 9.37. The van der Waals surface area contributed by atoms with Crippen LogP contribution in [0, 0.1) is 17.3 Å². The fourth-order valence-corrected chi connectivity index (χ4v) is 9.49. The molecule has 162 valence electrons. The third-order valence-corrected chi connectivity index (χ3v) is 10.7. The normalized spacial score (nSPS) is 30.6. The summed E-state index contributed by atoms with van der Waals surface area (Å²) in [4.78, 5) is 9.06. The van der Waals surface area contributed by atoms with Gasteiger partial charge in [0.1, 0.15) is 0 Å². The van der Waals surface area contributed by atoms with E-state index in [1.165, 1.54) is 74.9 Å². The second-order valence-corrected chi connectivity index (χ2v) is 11.5. The first kappa shape index (κ1) is 17.0. The average molecular weight is 438 g/mol. The van der Waals surface area contributed by atoms with Crippen molar-refractivity contribution in [1.82, 2.24) is 14.4 Å². The quantitative estimate of drug-likeness (QED) is 0.250. The van der Waals surface area contributed by atoms with Crippen molar-refractivity contribution in [3.05, 3.63) is 78.4 Å². The third kappa shape index (κ3) is 1.59. The fourth-order valence-electron chi connectivity index (χ4n) is 9.49. The van der Waals surface area contributed by atoms with Crippen molar-refractivity contribution in [2.24, 2.45) is 17.3 Å². The van der Waals surface area contributed by atoms with E-state index in [0.717, 1.165) is 17.8 Å². The van der Waals surface area contributed by atoms with Crippen LogP contribution in [0.2, 0.25) is 0 Å². The van der Waals surface area contributed by atoms with Crippen molar-refractivity contribution in [3.63, 3.8) is 0 Å². The first-order valence-corrected chi connectivity index (χ1v) is 12.8. The van der Waals surface area contributed by atoms with Crippen LogP contribution in [0.1, 0.15) is 48.6 Å². The standard InChI is InChI=1S/C31H23N3/c1-2-4-20-19(3-1)23-12-24-21-5-7-32-14-26(21)34-27-15-33-8-6-22(27)29(30(24)34)28(23)16-9-17-10-18-11-25(20)31(17,18)13-16/h1-8,12,14-18,25H,9-11,13H2. The molecule has 34 heavy (non-hydrogen) atoms. The summed E-state index contributed by atoms with van der Waals surface area (Å²) in [5.74, 6) is 3.30. The van der Waals surface area contributed by atoms with Crippen LogP contribution in [0.3, 0.4) is 0 Å². The molecule has 3 heteroatoms. The molecule has 0 radical (unpaired) electrons. The van der Waals surface area contributed by atoms with Gasteiger partial charge in [0.2, 0.25) is 0 Å². The van der Waals surface area contributed by atoms with Crippen LogP contribution in [0.4, 0.5) is 0 Å².